The predicted molar refractivity (Wildman–Crippen MR) is 206 cm³/mol. The largest absolute Gasteiger partial charge is 0.497 e. The molecule has 1 fully saturated rings. The third kappa shape index (κ3) is 10.7. The van der Waals surface area contributed by atoms with Crippen LogP contribution in [0.3, 0.4) is 0 Å². The fraction of sp³-hybridized carbons (Fsp3) is 0.250. The van der Waals surface area contributed by atoms with Crippen LogP contribution in [0.1, 0.15) is 38.9 Å². The summed E-state index contributed by atoms with van der Waals surface area (Å²) >= 11 is 0. The van der Waals surface area contributed by atoms with Crippen LogP contribution in [0.2, 0.25) is 0 Å². The van der Waals surface area contributed by atoms with Gasteiger partial charge in [-0.2, -0.15) is 10.3 Å². The van der Waals surface area contributed by atoms with Crippen molar-refractivity contribution in [3.63, 3.8) is 0 Å². The van der Waals surface area contributed by atoms with Crippen molar-refractivity contribution in [3.05, 3.63) is 148 Å². The lowest BCUT2D eigenvalue weighted by atomic mass is 10.1. The smallest absolute Gasteiger partial charge is 0.246 e. The van der Waals surface area contributed by atoms with Crippen LogP contribution >= 0.6 is 0 Å². The van der Waals surface area contributed by atoms with E-state index in [0.29, 0.717) is 63.2 Å². The Balaban J connectivity index is 0.942. The predicted octanol–water partition coefficient (Wildman–Crippen LogP) is 7.86. The van der Waals surface area contributed by atoms with E-state index in [0.717, 1.165) is 51.5 Å². The number of hydrogen-bond donors (Lipinski definition) is 0. The first kappa shape index (κ1) is 37.6. The first-order valence-corrected chi connectivity index (χ1v) is 17.9. The molecule has 10 nitrogen and oxygen atoms in total. The summed E-state index contributed by atoms with van der Waals surface area (Å²) in [5.41, 5.74) is 6.69. The number of amides is 1. The van der Waals surface area contributed by atoms with Crippen LogP contribution in [-0.4, -0.2) is 60.8 Å². The summed E-state index contributed by atoms with van der Waals surface area (Å²) in [7, 11) is 1.65. The number of pyridine rings is 1. The van der Waals surface area contributed by atoms with Crippen molar-refractivity contribution in [2.45, 2.75) is 33.4 Å². The van der Waals surface area contributed by atoms with Crippen LogP contribution in [0.15, 0.2) is 109 Å². The Bertz CT molecular complexity index is 2030. The van der Waals surface area contributed by atoms with E-state index in [1.165, 1.54) is 5.56 Å². The molecule has 0 unspecified atom stereocenters. The zero-order valence-corrected chi connectivity index (χ0v) is 30.9. The van der Waals surface area contributed by atoms with Crippen LogP contribution in [0.5, 0.6) is 28.9 Å². The minimum atomic E-state index is -0.0528. The number of carbonyl (C=O) groups excluding carboxylic acids is 1. The third-order valence-corrected chi connectivity index (χ3v) is 8.97. The number of benzene rings is 4. The molecule has 1 saturated heterocycles. The molecule has 0 atom stereocenters. The molecule has 1 amide bonds. The van der Waals surface area contributed by atoms with Gasteiger partial charge in [0.1, 0.15) is 29.6 Å². The average Bonchev–Trinajstić information content (AvgIpc) is 3.44. The van der Waals surface area contributed by atoms with Crippen LogP contribution in [0.4, 0.5) is 0 Å². The monoisotopic (exact) mass is 724 g/mol. The van der Waals surface area contributed by atoms with E-state index in [9.17, 15) is 4.79 Å². The molecule has 10 heteroatoms. The normalized spacial score (nSPS) is 13.3. The molecule has 1 aromatic heterocycles. The second-order valence-corrected chi connectivity index (χ2v) is 13.0. The van der Waals surface area contributed by atoms with Crippen molar-refractivity contribution in [1.29, 1.82) is 5.26 Å². The SMILES string of the molecule is COc1ccc(OCCc2ccc(CN3CCN(C(=O)/C=C/c4cc(C)c(Oc5ccc(OCc6ccc(C#N)cc6)cn5)c(C)c4)CCO3)cc2)cc1. The number of nitriles is 1. The number of hydrogen-bond acceptors (Lipinski definition) is 9. The van der Waals surface area contributed by atoms with Crippen molar-refractivity contribution < 1.29 is 28.6 Å². The lowest BCUT2D eigenvalue weighted by molar-refractivity contribution is -0.155. The molecule has 0 aliphatic carbocycles. The van der Waals surface area contributed by atoms with Crippen LogP contribution < -0.4 is 18.9 Å². The Hall–Kier alpha value is -6.15. The molecule has 6 rings (SSSR count). The first-order valence-electron chi connectivity index (χ1n) is 17.9. The van der Waals surface area contributed by atoms with Crippen LogP contribution in [0.25, 0.3) is 6.08 Å². The van der Waals surface area contributed by atoms with Gasteiger partial charge in [0.05, 0.1) is 38.2 Å². The number of aryl methyl sites for hydroxylation is 2. The number of carbonyl (C=O) groups is 1. The summed E-state index contributed by atoms with van der Waals surface area (Å²) in [6.07, 6.45) is 5.90. The maximum atomic E-state index is 13.2. The van der Waals surface area contributed by atoms with E-state index >= 15 is 0 Å². The van der Waals surface area contributed by atoms with E-state index in [1.54, 1.807) is 37.6 Å². The molecule has 4 aromatic carbocycles. The molecule has 1 aliphatic rings. The lowest BCUT2D eigenvalue weighted by Gasteiger charge is -2.20. The van der Waals surface area contributed by atoms with Crippen LogP contribution in [0, 0.1) is 25.2 Å². The topological polar surface area (TPSA) is 106 Å². The van der Waals surface area contributed by atoms with Gasteiger partial charge < -0.3 is 23.8 Å². The van der Waals surface area contributed by atoms with Gasteiger partial charge in [0.25, 0.3) is 0 Å². The van der Waals surface area contributed by atoms with Gasteiger partial charge in [0, 0.05) is 44.7 Å². The third-order valence-electron chi connectivity index (χ3n) is 8.97. The second kappa shape index (κ2) is 18.6. The Morgan fingerprint density at radius 2 is 1.52 bits per heavy atom. The fourth-order valence-corrected chi connectivity index (χ4v) is 5.98. The Morgan fingerprint density at radius 1 is 0.833 bits per heavy atom. The van der Waals surface area contributed by atoms with Crippen molar-refractivity contribution in [2.75, 3.05) is 40.0 Å². The summed E-state index contributed by atoms with van der Waals surface area (Å²) in [4.78, 5) is 25.4. The fourth-order valence-electron chi connectivity index (χ4n) is 5.98. The molecule has 0 spiro atoms. The molecule has 276 valence electrons. The van der Waals surface area contributed by atoms with E-state index < -0.39 is 0 Å². The van der Waals surface area contributed by atoms with Gasteiger partial charge in [-0.3, -0.25) is 9.63 Å². The van der Waals surface area contributed by atoms with Gasteiger partial charge in [-0.1, -0.05) is 36.4 Å². The second-order valence-electron chi connectivity index (χ2n) is 13.0. The van der Waals surface area contributed by atoms with Crippen molar-refractivity contribution in [3.8, 4) is 34.9 Å². The molecular formula is C44H44N4O6. The van der Waals surface area contributed by atoms with Crippen molar-refractivity contribution in [1.82, 2.24) is 14.9 Å². The molecule has 0 saturated carbocycles. The van der Waals surface area contributed by atoms with Gasteiger partial charge in [-0.25, -0.2) is 4.98 Å². The summed E-state index contributed by atoms with van der Waals surface area (Å²) in [5, 5.41) is 10.9. The number of hydroxylamine groups is 2. The highest BCUT2D eigenvalue weighted by Crippen LogP contribution is 2.30. The van der Waals surface area contributed by atoms with E-state index in [1.807, 2.05) is 84.5 Å². The van der Waals surface area contributed by atoms with Gasteiger partial charge >= 0.3 is 0 Å². The Morgan fingerprint density at radius 3 is 2.20 bits per heavy atom. The van der Waals surface area contributed by atoms with E-state index in [4.69, 9.17) is 29.0 Å². The number of aromatic nitrogens is 1. The standard InChI is InChI=1S/C44H44N4O6/c1-32-26-38(27-33(2)44(32)54-42-18-17-41(29-46-42)52-31-37-10-6-35(28-45)7-11-37)12-19-43(49)47-21-22-48(53-25-23-47)30-36-8-4-34(5-9-36)20-24-51-40-15-13-39(50-3)14-16-40/h4-19,26-27,29H,20-25,30-31H2,1-3H3/b19-12+. The highest BCUT2D eigenvalue weighted by Gasteiger charge is 2.19. The minimum absolute atomic E-state index is 0.0528. The highest BCUT2D eigenvalue weighted by molar-refractivity contribution is 5.92. The molecule has 54 heavy (non-hydrogen) atoms. The number of rotatable bonds is 14. The lowest BCUT2D eigenvalue weighted by Crippen LogP contribution is -2.34. The van der Waals surface area contributed by atoms with Gasteiger partial charge in [0.2, 0.25) is 11.8 Å². The molecule has 0 N–H and O–H groups in total. The summed E-state index contributed by atoms with van der Waals surface area (Å²) in [6, 6.07) is 33.0. The number of ether oxygens (including phenoxy) is 4. The summed E-state index contributed by atoms with van der Waals surface area (Å²) < 4.78 is 23.0. The molecule has 0 bridgehead atoms. The highest BCUT2D eigenvalue weighted by atomic mass is 16.7. The molecule has 2 heterocycles. The quantitative estimate of drug-likeness (QED) is 0.106. The molecular weight excluding hydrogens is 681 g/mol. The zero-order chi connectivity index (χ0) is 37.7. The zero-order valence-electron chi connectivity index (χ0n) is 30.9. The van der Waals surface area contributed by atoms with Gasteiger partial charge in [0.15, 0.2) is 0 Å². The Kier molecular flexibility index (Phi) is 12.9. The maximum absolute atomic E-state index is 13.2. The molecule has 1 aliphatic heterocycles. The van der Waals surface area contributed by atoms with E-state index in [2.05, 4.69) is 35.3 Å². The van der Waals surface area contributed by atoms with Gasteiger partial charge in [-0.15, -0.1) is 0 Å². The first-order chi connectivity index (χ1) is 26.3. The van der Waals surface area contributed by atoms with Crippen molar-refractivity contribution in [2.24, 2.45) is 0 Å². The van der Waals surface area contributed by atoms with Gasteiger partial charge in [-0.05, 0) is 108 Å². The van der Waals surface area contributed by atoms with Crippen molar-refractivity contribution >= 4 is 12.0 Å². The summed E-state index contributed by atoms with van der Waals surface area (Å²) in [5.74, 6) is 3.36. The molecule has 0 radical (unpaired) electrons. The summed E-state index contributed by atoms with van der Waals surface area (Å²) in [6.45, 7) is 7.68. The van der Waals surface area contributed by atoms with E-state index in [-0.39, 0.29) is 5.91 Å². The average molecular weight is 725 g/mol. The number of methoxy groups -OCH3 is 1. The van der Waals surface area contributed by atoms with Crippen LogP contribution in [-0.2, 0) is 29.2 Å². The number of nitrogens with zero attached hydrogens (tertiary/aromatic N) is 4. The minimum Gasteiger partial charge on any atom is -0.497 e. The maximum Gasteiger partial charge on any atom is 0.246 e. The Labute approximate surface area is 316 Å². The molecule has 5 aromatic rings.